The Balaban J connectivity index is 1.67. The van der Waals surface area contributed by atoms with E-state index in [0.717, 1.165) is 23.3 Å². The van der Waals surface area contributed by atoms with Crippen LogP contribution in [0.25, 0.3) is 11.0 Å². The van der Waals surface area contributed by atoms with Crippen molar-refractivity contribution in [2.75, 3.05) is 6.61 Å². The van der Waals surface area contributed by atoms with Crippen LogP contribution < -0.4 is 10.4 Å². The van der Waals surface area contributed by atoms with Crippen LogP contribution in [0.1, 0.15) is 22.3 Å². The van der Waals surface area contributed by atoms with Gasteiger partial charge in [-0.3, -0.25) is 0 Å². The minimum atomic E-state index is -4.51. The first-order valence-corrected chi connectivity index (χ1v) is 8.63. The molecular formula is C21H17F3O5. The molecule has 0 aliphatic carbocycles. The lowest BCUT2D eigenvalue weighted by molar-refractivity contribution is -0.147. The van der Waals surface area contributed by atoms with Crippen molar-refractivity contribution in [3.05, 3.63) is 75.1 Å². The van der Waals surface area contributed by atoms with E-state index in [-0.39, 0.29) is 12.4 Å². The maximum atomic E-state index is 12.7. The van der Waals surface area contributed by atoms with Crippen molar-refractivity contribution in [1.29, 1.82) is 0 Å². The minimum Gasteiger partial charge on any atom is -0.482 e. The second-order valence-corrected chi connectivity index (χ2v) is 6.50. The van der Waals surface area contributed by atoms with E-state index in [1.807, 2.05) is 19.9 Å². The van der Waals surface area contributed by atoms with Crippen molar-refractivity contribution < 1.29 is 31.9 Å². The quantitative estimate of drug-likeness (QED) is 0.459. The van der Waals surface area contributed by atoms with Gasteiger partial charge in [-0.1, -0.05) is 6.07 Å². The van der Waals surface area contributed by atoms with Crippen LogP contribution >= 0.6 is 0 Å². The number of fused-ring (bicyclic) bond motifs is 1. The largest absolute Gasteiger partial charge is 0.482 e. The van der Waals surface area contributed by atoms with Gasteiger partial charge >= 0.3 is 17.8 Å². The highest BCUT2D eigenvalue weighted by Crippen LogP contribution is 2.31. The molecule has 152 valence electrons. The fourth-order valence-corrected chi connectivity index (χ4v) is 2.71. The summed E-state index contributed by atoms with van der Waals surface area (Å²) in [6.07, 6.45) is -4.51. The maximum absolute atomic E-state index is 12.7. The number of carbonyl (C=O) groups excluding carboxylic acids is 1. The number of halogens is 3. The third-order valence-corrected chi connectivity index (χ3v) is 4.35. The zero-order chi connectivity index (χ0) is 21.2. The molecular weight excluding hydrogens is 389 g/mol. The number of ether oxygens (including phenoxy) is 2. The molecule has 3 rings (SSSR count). The second-order valence-electron chi connectivity index (χ2n) is 6.50. The summed E-state index contributed by atoms with van der Waals surface area (Å²) in [6.45, 7) is 3.01. The molecule has 3 aromatic rings. The lowest BCUT2D eigenvalue weighted by atomic mass is 10.0. The van der Waals surface area contributed by atoms with Crippen molar-refractivity contribution in [1.82, 2.24) is 0 Å². The van der Waals surface area contributed by atoms with E-state index in [4.69, 9.17) is 13.9 Å². The Kier molecular flexibility index (Phi) is 5.63. The second kappa shape index (κ2) is 7.98. The summed E-state index contributed by atoms with van der Waals surface area (Å²) < 4.78 is 53.5. The Morgan fingerprint density at radius 2 is 1.79 bits per heavy atom. The first kappa shape index (κ1) is 20.4. The maximum Gasteiger partial charge on any atom is 0.416 e. The number of alkyl halides is 3. The topological polar surface area (TPSA) is 65.7 Å². The van der Waals surface area contributed by atoms with Gasteiger partial charge in [0.05, 0.1) is 5.56 Å². The Labute approximate surface area is 163 Å². The van der Waals surface area contributed by atoms with Crippen LogP contribution in [0.15, 0.2) is 51.7 Å². The van der Waals surface area contributed by atoms with E-state index in [1.165, 1.54) is 18.2 Å². The summed E-state index contributed by atoms with van der Waals surface area (Å²) in [7, 11) is 0. The van der Waals surface area contributed by atoms with E-state index >= 15 is 0 Å². The highest BCUT2D eigenvalue weighted by molar-refractivity contribution is 5.82. The summed E-state index contributed by atoms with van der Waals surface area (Å²) >= 11 is 0. The van der Waals surface area contributed by atoms with Gasteiger partial charge in [-0.05, 0) is 55.3 Å². The number of rotatable bonds is 5. The average molecular weight is 406 g/mol. The lowest BCUT2D eigenvalue weighted by Gasteiger charge is -2.11. The van der Waals surface area contributed by atoms with E-state index in [0.29, 0.717) is 16.5 Å². The molecule has 0 aliphatic rings. The Morgan fingerprint density at radius 3 is 2.52 bits per heavy atom. The predicted octanol–water partition coefficient (Wildman–Crippen LogP) is 4.55. The average Bonchev–Trinajstić information content (AvgIpc) is 2.65. The van der Waals surface area contributed by atoms with Gasteiger partial charge in [0.15, 0.2) is 6.61 Å². The molecule has 29 heavy (non-hydrogen) atoms. The van der Waals surface area contributed by atoms with Crippen LogP contribution in [-0.4, -0.2) is 12.6 Å². The summed E-state index contributed by atoms with van der Waals surface area (Å²) in [5, 5.41) is 0.638. The molecule has 0 bridgehead atoms. The molecule has 0 fully saturated rings. The van der Waals surface area contributed by atoms with Gasteiger partial charge < -0.3 is 13.9 Å². The molecule has 0 atom stereocenters. The zero-order valence-corrected chi connectivity index (χ0v) is 15.6. The summed E-state index contributed by atoms with van der Waals surface area (Å²) in [4.78, 5) is 23.7. The SMILES string of the molecule is Cc1cc2oc(=O)cc(COC(=O)COc3cccc(C(F)(F)F)c3)c2cc1C. The van der Waals surface area contributed by atoms with Crippen molar-refractivity contribution in [2.24, 2.45) is 0 Å². The summed E-state index contributed by atoms with van der Waals surface area (Å²) in [5.74, 6) is -0.888. The predicted molar refractivity (Wildman–Crippen MR) is 98.7 cm³/mol. The van der Waals surface area contributed by atoms with Crippen molar-refractivity contribution in [2.45, 2.75) is 26.6 Å². The first-order chi connectivity index (χ1) is 13.6. The molecule has 0 unspecified atom stereocenters. The van der Waals surface area contributed by atoms with Crippen LogP contribution in [0.2, 0.25) is 0 Å². The van der Waals surface area contributed by atoms with Gasteiger partial charge in [0.1, 0.15) is 17.9 Å². The smallest absolute Gasteiger partial charge is 0.416 e. The van der Waals surface area contributed by atoms with Crippen LogP contribution in [0.3, 0.4) is 0 Å². The molecule has 5 nitrogen and oxygen atoms in total. The third kappa shape index (κ3) is 4.96. The lowest BCUT2D eigenvalue weighted by Crippen LogP contribution is -2.16. The van der Waals surface area contributed by atoms with Crippen LogP contribution in [-0.2, 0) is 22.3 Å². The molecule has 0 radical (unpaired) electrons. The van der Waals surface area contributed by atoms with Gasteiger partial charge in [-0.2, -0.15) is 13.2 Å². The molecule has 0 N–H and O–H groups in total. The molecule has 0 saturated heterocycles. The van der Waals surface area contributed by atoms with Gasteiger partial charge in [-0.25, -0.2) is 9.59 Å². The number of hydrogen-bond donors (Lipinski definition) is 0. The fourth-order valence-electron chi connectivity index (χ4n) is 2.71. The summed E-state index contributed by atoms with van der Waals surface area (Å²) in [6, 6.07) is 8.99. The van der Waals surface area contributed by atoms with Gasteiger partial charge in [0.2, 0.25) is 0 Å². The Morgan fingerprint density at radius 1 is 1.07 bits per heavy atom. The van der Waals surface area contributed by atoms with Gasteiger partial charge in [0.25, 0.3) is 0 Å². The van der Waals surface area contributed by atoms with Crippen molar-refractivity contribution in [3.63, 3.8) is 0 Å². The van der Waals surface area contributed by atoms with Gasteiger partial charge in [0, 0.05) is 17.0 Å². The van der Waals surface area contributed by atoms with E-state index in [1.54, 1.807) is 6.07 Å². The molecule has 0 aliphatic heterocycles. The summed E-state index contributed by atoms with van der Waals surface area (Å²) in [5.41, 5.74) is 1.32. The zero-order valence-electron chi connectivity index (χ0n) is 15.6. The molecule has 2 aromatic carbocycles. The molecule has 0 saturated carbocycles. The monoisotopic (exact) mass is 406 g/mol. The molecule has 8 heteroatoms. The van der Waals surface area contributed by atoms with E-state index in [2.05, 4.69) is 0 Å². The highest BCUT2D eigenvalue weighted by atomic mass is 19.4. The standard InChI is InChI=1S/C21H17F3O5/c1-12-6-17-14(8-19(25)29-18(17)7-13(12)2)10-28-20(26)11-27-16-5-3-4-15(9-16)21(22,23)24/h3-9H,10-11H2,1-2H3. The number of benzene rings is 2. The number of carbonyl (C=O) groups is 1. The normalized spacial score (nSPS) is 11.5. The van der Waals surface area contributed by atoms with E-state index < -0.39 is 29.9 Å². The van der Waals surface area contributed by atoms with Crippen LogP contribution in [0.5, 0.6) is 5.75 Å². The Bertz CT molecular complexity index is 1120. The van der Waals surface area contributed by atoms with E-state index in [9.17, 15) is 22.8 Å². The Hall–Kier alpha value is -3.29. The van der Waals surface area contributed by atoms with Crippen molar-refractivity contribution >= 4 is 16.9 Å². The van der Waals surface area contributed by atoms with Crippen molar-refractivity contribution in [3.8, 4) is 5.75 Å². The van der Waals surface area contributed by atoms with Gasteiger partial charge in [-0.15, -0.1) is 0 Å². The molecule has 0 spiro atoms. The number of esters is 1. The third-order valence-electron chi connectivity index (χ3n) is 4.35. The molecule has 1 heterocycles. The highest BCUT2D eigenvalue weighted by Gasteiger charge is 2.30. The fraction of sp³-hybridized carbons (Fsp3) is 0.238. The molecule has 0 amide bonds. The minimum absolute atomic E-state index is 0.103. The first-order valence-electron chi connectivity index (χ1n) is 8.63. The van der Waals surface area contributed by atoms with Crippen LogP contribution in [0, 0.1) is 13.8 Å². The number of aryl methyl sites for hydroxylation is 2. The van der Waals surface area contributed by atoms with Crippen LogP contribution in [0.4, 0.5) is 13.2 Å². The number of hydrogen-bond acceptors (Lipinski definition) is 5. The molecule has 1 aromatic heterocycles.